The number of hydrogen-bond acceptors (Lipinski definition) is 6. The van der Waals surface area contributed by atoms with Crippen molar-refractivity contribution in [2.45, 2.75) is 39.2 Å². The van der Waals surface area contributed by atoms with Gasteiger partial charge in [0.15, 0.2) is 0 Å². The number of halogens is 1. The van der Waals surface area contributed by atoms with Gasteiger partial charge in [-0.25, -0.2) is 0 Å². The molecule has 160 valence electrons. The lowest BCUT2D eigenvalue weighted by atomic mass is 9.93. The molecule has 0 aliphatic carbocycles. The molecule has 0 unspecified atom stereocenters. The Hall–Kier alpha value is -2.52. The Balaban J connectivity index is 1.53. The van der Waals surface area contributed by atoms with Gasteiger partial charge in [0.2, 0.25) is 15.9 Å². The summed E-state index contributed by atoms with van der Waals surface area (Å²) in [5.74, 6) is -0.362. The zero-order valence-electron chi connectivity index (χ0n) is 16.9. The first-order chi connectivity index (χ1) is 14.3. The van der Waals surface area contributed by atoms with Gasteiger partial charge in [-0.05, 0) is 50.8 Å². The van der Waals surface area contributed by atoms with Crippen LogP contribution in [0.2, 0.25) is 5.02 Å². The van der Waals surface area contributed by atoms with Crippen LogP contribution in [-0.4, -0.2) is 52.0 Å². The van der Waals surface area contributed by atoms with Crippen LogP contribution >= 0.6 is 22.9 Å². The van der Waals surface area contributed by atoms with E-state index in [4.69, 9.17) is 11.6 Å². The summed E-state index contributed by atoms with van der Waals surface area (Å²) in [4.78, 5) is 38.7. The Kier molecular flexibility index (Phi) is 7.38. The highest BCUT2D eigenvalue weighted by Gasteiger charge is 2.28. The number of rotatable bonds is 6. The van der Waals surface area contributed by atoms with Crippen molar-refractivity contribution >= 4 is 46.3 Å². The summed E-state index contributed by atoms with van der Waals surface area (Å²) in [5, 5.41) is 14.1. The van der Waals surface area contributed by atoms with Crippen molar-refractivity contribution in [2.24, 2.45) is 5.92 Å². The van der Waals surface area contributed by atoms with E-state index in [1.807, 2.05) is 13.8 Å². The van der Waals surface area contributed by atoms with Crippen LogP contribution in [0.1, 0.15) is 52.7 Å². The van der Waals surface area contributed by atoms with E-state index in [9.17, 15) is 14.4 Å². The molecule has 1 fully saturated rings. The van der Waals surface area contributed by atoms with Gasteiger partial charge >= 0.3 is 0 Å². The first-order valence-corrected chi connectivity index (χ1v) is 11.0. The highest BCUT2D eigenvalue weighted by molar-refractivity contribution is 7.15. The van der Waals surface area contributed by atoms with Crippen LogP contribution in [0.4, 0.5) is 5.69 Å². The molecule has 0 atom stereocenters. The number of likely N-dealkylation sites (tertiary alicyclic amines) is 1. The number of hydrogen-bond donors (Lipinski definition) is 2. The second-order valence-electron chi connectivity index (χ2n) is 7.54. The van der Waals surface area contributed by atoms with Crippen molar-refractivity contribution in [3.63, 3.8) is 0 Å². The topological polar surface area (TPSA) is 104 Å². The number of nitrogens with one attached hydrogen (secondary N) is 2. The van der Waals surface area contributed by atoms with E-state index in [1.165, 1.54) is 0 Å². The minimum absolute atomic E-state index is 0.0502. The molecule has 0 radical (unpaired) electrons. The fraction of sp³-hybridized carbons (Fsp3) is 0.450. The monoisotopic (exact) mass is 449 g/mol. The third-order valence-corrected chi connectivity index (χ3v) is 5.86. The number of carbonyl (C=O) groups excluding carboxylic acids is 3. The molecule has 2 N–H and O–H groups in total. The molecule has 1 aromatic heterocycles. The number of carbonyl (C=O) groups is 3. The second-order valence-corrected chi connectivity index (χ2v) is 8.95. The van der Waals surface area contributed by atoms with Gasteiger partial charge in [-0.15, -0.1) is 10.2 Å². The average molecular weight is 450 g/mol. The minimum atomic E-state index is -0.441. The quantitative estimate of drug-likeness (QED) is 0.704. The number of anilines is 1. The van der Waals surface area contributed by atoms with Gasteiger partial charge in [0.1, 0.15) is 0 Å². The molecule has 8 nitrogen and oxygen atoms in total. The molecule has 30 heavy (non-hydrogen) atoms. The molecule has 0 spiro atoms. The van der Waals surface area contributed by atoms with E-state index in [-0.39, 0.29) is 33.8 Å². The van der Waals surface area contributed by atoms with Crippen LogP contribution in [0, 0.1) is 5.92 Å². The molecule has 1 aliphatic rings. The van der Waals surface area contributed by atoms with Crippen molar-refractivity contribution in [2.75, 3.05) is 18.4 Å². The maximum Gasteiger partial charge on any atom is 0.286 e. The molecular formula is C20H24ClN5O3S. The number of aromatic nitrogens is 2. The highest BCUT2D eigenvalue weighted by atomic mass is 35.5. The third kappa shape index (κ3) is 5.99. The maximum atomic E-state index is 12.7. The molecule has 1 aliphatic heterocycles. The Morgan fingerprint density at radius 2 is 1.90 bits per heavy atom. The van der Waals surface area contributed by atoms with Crippen molar-refractivity contribution in [3.05, 3.63) is 39.3 Å². The first kappa shape index (κ1) is 22.2. The SMILES string of the molecule is CC(C)NC(=O)CC1CCN(C(=O)c2nnc(C(=O)Nc3cccc(Cl)c3)s2)CC1. The number of piperidine rings is 1. The second kappa shape index (κ2) is 9.99. The summed E-state index contributed by atoms with van der Waals surface area (Å²) >= 11 is 6.88. The van der Waals surface area contributed by atoms with Crippen molar-refractivity contribution in [3.8, 4) is 0 Å². The van der Waals surface area contributed by atoms with Gasteiger partial charge in [0, 0.05) is 36.3 Å². The first-order valence-electron chi connectivity index (χ1n) is 9.81. The highest BCUT2D eigenvalue weighted by Crippen LogP contribution is 2.23. The van der Waals surface area contributed by atoms with Crippen molar-refractivity contribution in [1.29, 1.82) is 0 Å². The normalized spacial score (nSPS) is 14.6. The summed E-state index contributed by atoms with van der Waals surface area (Å²) in [7, 11) is 0. The van der Waals surface area contributed by atoms with Crippen LogP contribution in [0.3, 0.4) is 0 Å². The smallest absolute Gasteiger partial charge is 0.286 e. The Morgan fingerprint density at radius 3 is 2.57 bits per heavy atom. The van der Waals surface area contributed by atoms with Crippen LogP contribution in [-0.2, 0) is 4.79 Å². The predicted octanol–water partition coefficient (Wildman–Crippen LogP) is 3.21. The van der Waals surface area contributed by atoms with E-state index in [1.54, 1.807) is 29.2 Å². The molecule has 3 rings (SSSR count). The number of nitrogens with zero attached hydrogens (tertiary/aromatic N) is 3. The zero-order chi connectivity index (χ0) is 21.7. The maximum absolute atomic E-state index is 12.7. The number of benzene rings is 1. The van der Waals surface area contributed by atoms with Gasteiger partial charge in [-0.1, -0.05) is 29.0 Å². The Labute approximate surface area is 184 Å². The predicted molar refractivity (Wildman–Crippen MR) is 116 cm³/mol. The zero-order valence-corrected chi connectivity index (χ0v) is 18.4. The Bertz CT molecular complexity index is 925. The van der Waals surface area contributed by atoms with Crippen LogP contribution < -0.4 is 10.6 Å². The van der Waals surface area contributed by atoms with Gasteiger partial charge in [0.05, 0.1) is 0 Å². The number of amides is 3. The summed E-state index contributed by atoms with van der Waals surface area (Å²) in [5.41, 5.74) is 0.541. The fourth-order valence-electron chi connectivity index (χ4n) is 3.27. The lowest BCUT2D eigenvalue weighted by Crippen LogP contribution is -2.40. The molecule has 2 aromatic rings. The summed E-state index contributed by atoms with van der Waals surface area (Å²) in [6.07, 6.45) is 2.00. The van der Waals surface area contributed by atoms with E-state index >= 15 is 0 Å². The average Bonchev–Trinajstić information content (AvgIpc) is 3.18. The van der Waals surface area contributed by atoms with E-state index in [2.05, 4.69) is 20.8 Å². The van der Waals surface area contributed by atoms with Gasteiger partial charge in [-0.2, -0.15) is 0 Å². The van der Waals surface area contributed by atoms with Crippen molar-refractivity contribution < 1.29 is 14.4 Å². The standard InChI is InChI=1S/C20H24ClN5O3S/c1-12(2)22-16(27)10-13-6-8-26(9-7-13)20(29)19-25-24-18(30-19)17(28)23-15-5-3-4-14(21)11-15/h3-5,11-13H,6-10H2,1-2H3,(H,22,27)(H,23,28). The lowest BCUT2D eigenvalue weighted by molar-refractivity contribution is -0.122. The fourth-order valence-corrected chi connectivity index (χ4v) is 4.17. The summed E-state index contributed by atoms with van der Waals surface area (Å²) < 4.78 is 0. The van der Waals surface area contributed by atoms with Gasteiger partial charge in [-0.3, -0.25) is 14.4 Å². The van der Waals surface area contributed by atoms with Gasteiger partial charge in [0.25, 0.3) is 11.8 Å². The molecule has 1 saturated heterocycles. The van der Waals surface area contributed by atoms with Crippen LogP contribution in [0.5, 0.6) is 0 Å². The molecular weight excluding hydrogens is 426 g/mol. The molecule has 3 amide bonds. The molecule has 0 saturated carbocycles. The Morgan fingerprint density at radius 1 is 1.20 bits per heavy atom. The minimum Gasteiger partial charge on any atom is -0.354 e. The largest absolute Gasteiger partial charge is 0.354 e. The van der Waals surface area contributed by atoms with Crippen LogP contribution in [0.15, 0.2) is 24.3 Å². The van der Waals surface area contributed by atoms with Crippen molar-refractivity contribution in [1.82, 2.24) is 20.4 Å². The summed E-state index contributed by atoms with van der Waals surface area (Å²) in [6.45, 7) is 4.99. The van der Waals surface area contributed by atoms with E-state index in [0.717, 1.165) is 24.2 Å². The molecule has 1 aromatic carbocycles. The van der Waals surface area contributed by atoms with E-state index < -0.39 is 5.91 Å². The molecule has 10 heteroatoms. The lowest BCUT2D eigenvalue weighted by Gasteiger charge is -2.31. The van der Waals surface area contributed by atoms with Crippen LogP contribution in [0.25, 0.3) is 0 Å². The third-order valence-electron chi connectivity index (χ3n) is 4.71. The molecule has 2 heterocycles. The van der Waals surface area contributed by atoms with E-state index in [0.29, 0.717) is 30.2 Å². The van der Waals surface area contributed by atoms with Gasteiger partial charge < -0.3 is 15.5 Å². The summed E-state index contributed by atoms with van der Waals surface area (Å²) in [6, 6.07) is 6.89. The molecule has 0 bridgehead atoms.